The Kier molecular flexibility index (Phi) is 6.05. The SMILES string of the molecule is CC(Oc1ccc2[nH]nc(-c3cnc(N4CCNCC4)cc3F)c2c1)c1c(Cl)cncc1Cl. The lowest BCUT2D eigenvalue weighted by Gasteiger charge is -2.28. The Hall–Kier alpha value is -2.94. The average Bonchev–Trinajstić information content (AvgIpc) is 3.22. The van der Waals surface area contributed by atoms with Crippen LogP contribution in [0.2, 0.25) is 10.0 Å². The third-order valence-corrected chi connectivity index (χ3v) is 6.28. The predicted octanol–water partition coefficient (Wildman–Crippen LogP) is 5.02. The monoisotopic (exact) mass is 486 g/mol. The summed E-state index contributed by atoms with van der Waals surface area (Å²) in [6.07, 6.45) is 4.17. The Morgan fingerprint density at radius 3 is 2.58 bits per heavy atom. The van der Waals surface area contributed by atoms with E-state index >= 15 is 4.39 Å². The molecule has 0 bridgehead atoms. The van der Waals surface area contributed by atoms with Crippen LogP contribution in [0.5, 0.6) is 5.75 Å². The van der Waals surface area contributed by atoms with Crippen molar-refractivity contribution in [1.29, 1.82) is 0 Å². The molecule has 0 amide bonds. The second-order valence-electron chi connectivity index (χ2n) is 7.82. The van der Waals surface area contributed by atoms with E-state index in [1.165, 1.54) is 24.7 Å². The molecule has 1 fully saturated rings. The number of anilines is 1. The topological polar surface area (TPSA) is 79.0 Å². The van der Waals surface area contributed by atoms with Gasteiger partial charge in [0.1, 0.15) is 29.2 Å². The van der Waals surface area contributed by atoms with Gasteiger partial charge in [-0.05, 0) is 25.1 Å². The first-order valence-corrected chi connectivity index (χ1v) is 11.3. The first kappa shape index (κ1) is 21.9. The molecule has 4 aromatic rings. The van der Waals surface area contributed by atoms with Gasteiger partial charge in [0.25, 0.3) is 0 Å². The number of H-pyrrole nitrogens is 1. The Labute approximate surface area is 199 Å². The third kappa shape index (κ3) is 4.34. The third-order valence-electron chi connectivity index (χ3n) is 5.68. The molecule has 1 unspecified atom stereocenters. The first-order chi connectivity index (χ1) is 16.0. The van der Waals surface area contributed by atoms with E-state index in [4.69, 9.17) is 27.9 Å². The van der Waals surface area contributed by atoms with Gasteiger partial charge in [0.15, 0.2) is 0 Å². The maximum Gasteiger partial charge on any atom is 0.137 e. The molecule has 10 heteroatoms. The lowest BCUT2D eigenvalue weighted by Crippen LogP contribution is -2.43. The van der Waals surface area contributed by atoms with Crippen molar-refractivity contribution in [3.8, 4) is 17.0 Å². The zero-order valence-corrected chi connectivity index (χ0v) is 19.3. The standard InChI is InChI=1S/C23H21Cl2FN6O/c1-13(22-17(24)11-28-12-18(22)25)33-14-2-3-20-15(8-14)23(31-30-20)16-10-29-21(9-19(16)26)32-6-4-27-5-7-32/h2-3,8-13,27H,4-7H2,1H3,(H,30,31). The minimum atomic E-state index is -0.419. The molecule has 0 saturated carbocycles. The average molecular weight is 487 g/mol. The number of pyridine rings is 2. The van der Waals surface area contributed by atoms with Gasteiger partial charge in [-0.2, -0.15) is 5.10 Å². The molecule has 0 radical (unpaired) electrons. The van der Waals surface area contributed by atoms with Gasteiger partial charge in [0.2, 0.25) is 0 Å². The Morgan fingerprint density at radius 2 is 1.85 bits per heavy atom. The molecule has 1 atom stereocenters. The molecule has 5 rings (SSSR count). The number of aromatic amines is 1. The van der Waals surface area contributed by atoms with Crippen LogP contribution < -0.4 is 15.0 Å². The summed E-state index contributed by atoms with van der Waals surface area (Å²) in [4.78, 5) is 10.5. The van der Waals surface area contributed by atoms with Crippen molar-refractivity contribution in [2.24, 2.45) is 0 Å². The van der Waals surface area contributed by atoms with Gasteiger partial charge in [0, 0.05) is 61.8 Å². The van der Waals surface area contributed by atoms with E-state index in [9.17, 15) is 0 Å². The molecule has 7 nitrogen and oxygen atoms in total. The van der Waals surface area contributed by atoms with Crippen LogP contribution in [0.3, 0.4) is 0 Å². The van der Waals surface area contributed by atoms with Crippen LogP contribution in [-0.4, -0.2) is 46.3 Å². The lowest BCUT2D eigenvalue weighted by atomic mass is 10.1. The van der Waals surface area contributed by atoms with Gasteiger partial charge < -0.3 is 15.0 Å². The molecule has 4 heterocycles. The van der Waals surface area contributed by atoms with E-state index in [2.05, 4.69) is 30.4 Å². The fraction of sp³-hybridized carbons (Fsp3) is 0.261. The van der Waals surface area contributed by atoms with Crippen molar-refractivity contribution in [1.82, 2.24) is 25.5 Å². The zero-order valence-electron chi connectivity index (χ0n) is 17.8. The second-order valence-corrected chi connectivity index (χ2v) is 8.63. The fourth-order valence-corrected chi connectivity index (χ4v) is 4.68. The maximum absolute atomic E-state index is 15.1. The number of nitrogens with zero attached hydrogens (tertiary/aromatic N) is 4. The molecule has 2 N–H and O–H groups in total. The summed E-state index contributed by atoms with van der Waals surface area (Å²) < 4.78 is 21.2. The van der Waals surface area contributed by atoms with E-state index in [1.54, 1.807) is 0 Å². The number of hydrogen-bond acceptors (Lipinski definition) is 6. The van der Waals surface area contributed by atoms with E-state index in [0.29, 0.717) is 38.4 Å². The number of rotatable bonds is 5. The van der Waals surface area contributed by atoms with Gasteiger partial charge >= 0.3 is 0 Å². The molecule has 0 spiro atoms. The summed E-state index contributed by atoms with van der Waals surface area (Å²) in [5, 5.41) is 12.2. The molecular formula is C23H21Cl2FN6O. The number of piperazine rings is 1. The van der Waals surface area contributed by atoms with Crippen LogP contribution >= 0.6 is 23.2 Å². The number of nitrogens with one attached hydrogen (secondary N) is 2. The largest absolute Gasteiger partial charge is 0.486 e. The van der Waals surface area contributed by atoms with Crippen LogP contribution in [-0.2, 0) is 0 Å². The van der Waals surface area contributed by atoms with Gasteiger partial charge in [-0.1, -0.05) is 23.2 Å². The molecule has 170 valence electrons. The van der Waals surface area contributed by atoms with E-state index in [1.807, 2.05) is 25.1 Å². The van der Waals surface area contributed by atoms with E-state index in [0.717, 1.165) is 37.1 Å². The Balaban J connectivity index is 1.45. The summed E-state index contributed by atoms with van der Waals surface area (Å²) in [6, 6.07) is 6.93. The van der Waals surface area contributed by atoms with Crippen LogP contribution in [0, 0.1) is 5.82 Å². The highest BCUT2D eigenvalue weighted by molar-refractivity contribution is 6.35. The number of ether oxygens (including phenoxy) is 1. The maximum atomic E-state index is 15.1. The number of hydrogen-bond donors (Lipinski definition) is 2. The Bertz CT molecular complexity index is 1290. The molecule has 33 heavy (non-hydrogen) atoms. The van der Waals surface area contributed by atoms with Crippen LogP contribution in [0.25, 0.3) is 22.2 Å². The molecule has 1 aliphatic rings. The Morgan fingerprint density at radius 1 is 1.09 bits per heavy atom. The summed E-state index contributed by atoms with van der Waals surface area (Å²) >= 11 is 12.5. The van der Waals surface area contributed by atoms with Gasteiger partial charge in [0.05, 0.1) is 21.1 Å². The van der Waals surface area contributed by atoms with Crippen molar-refractivity contribution < 1.29 is 9.13 Å². The molecule has 1 aromatic carbocycles. The van der Waals surface area contributed by atoms with Crippen molar-refractivity contribution >= 4 is 39.9 Å². The van der Waals surface area contributed by atoms with Crippen LogP contribution in [0.1, 0.15) is 18.6 Å². The van der Waals surface area contributed by atoms with Crippen LogP contribution in [0.4, 0.5) is 10.2 Å². The first-order valence-electron chi connectivity index (χ1n) is 10.6. The van der Waals surface area contributed by atoms with Crippen molar-refractivity contribution in [2.75, 3.05) is 31.1 Å². The lowest BCUT2D eigenvalue weighted by molar-refractivity contribution is 0.227. The predicted molar refractivity (Wildman–Crippen MR) is 128 cm³/mol. The van der Waals surface area contributed by atoms with E-state index in [-0.39, 0.29) is 5.82 Å². The minimum absolute atomic E-state index is 0.325. The molecule has 1 saturated heterocycles. The summed E-state index contributed by atoms with van der Waals surface area (Å²) in [5.41, 5.74) is 2.21. The zero-order chi connectivity index (χ0) is 22.9. The fourth-order valence-electron chi connectivity index (χ4n) is 4.01. The number of fused-ring (bicyclic) bond motifs is 1. The smallest absolute Gasteiger partial charge is 0.137 e. The quantitative estimate of drug-likeness (QED) is 0.412. The highest BCUT2D eigenvalue weighted by Gasteiger charge is 2.19. The van der Waals surface area contributed by atoms with Gasteiger partial charge in [-0.3, -0.25) is 10.1 Å². The number of halogens is 3. The molecule has 0 aliphatic carbocycles. The van der Waals surface area contributed by atoms with E-state index < -0.39 is 6.10 Å². The van der Waals surface area contributed by atoms with Crippen LogP contribution in [0.15, 0.2) is 42.9 Å². The highest BCUT2D eigenvalue weighted by atomic mass is 35.5. The summed E-state index contributed by atoms with van der Waals surface area (Å²) in [5.74, 6) is 0.830. The minimum Gasteiger partial charge on any atom is -0.486 e. The van der Waals surface area contributed by atoms with Crippen molar-refractivity contribution in [2.45, 2.75) is 13.0 Å². The highest BCUT2D eigenvalue weighted by Crippen LogP contribution is 2.35. The second kappa shape index (κ2) is 9.13. The summed E-state index contributed by atoms with van der Waals surface area (Å²) in [7, 11) is 0. The number of benzene rings is 1. The van der Waals surface area contributed by atoms with Gasteiger partial charge in [-0.25, -0.2) is 9.37 Å². The van der Waals surface area contributed by atoms with Crippen molar-refractivity contribution in [3.63, 3.8) is 0 Å². The number of aromatic nitrogens is 4. The molecular weight excluding hydrogens is 466 g/mol. The molecule has 3 aromatic heterocycles. The molecule has 1 aliphatic heterocycles. The normalized spacial score (nSPS) is 15.1. The van der Waals surface area contributed by atoms with Crippen molar-refractivity contribution in [3.05, 3.63) is 64.3 Å². The summed E-state index contributed by atoms with van der Waals surface area (Å²) in [6.45, 7) is 5.15. The van der Waals surface area contributed by atoms with Gasteiger partial charge in [-0.15, -0.1) is 0 Å².